The summed E-state index contributed by atoms with van der Waals surface area (Å²) in [5, 5.41) is 8.83. The van der Waals surface area contributed by atoms with Gasteiger partial charge < -0.3 is 20.5 Å². The van der Waals surface area contributed by atoms with E-state index in [0.29, 0.717) is 25.4 Å². The number of hydrogen-bond donors (Lipinski definition) is 2. The fraction of sp³-hybridized carbons (Fsp3) is 0.636. The average molecular weight is 283 g/mol. The monoisotopic (exact) mass is 282 g/mol. The molecule has 1 aliphatic heterocycles. The Morgan fingerprint density at radius 3 is 2.83 bits per heavy atom. The van der Waals surface area contributed by atoms with E-state index in [-0.39, 0.29) is 23.4 Å². The van der Waals surface area contributed by atoms with Gasteiger partial charge in [-0.05, 0) is 13.0 Å². The molecule has 0 saturated carbocycles. The Bertz CT molecular complexity index is 344. The minimum atomic E-state index is -2.65. The van der Waals surface area contributed by atoms with Gasteiger partial charge in [0.15, 0.2) is 0 Å². The minimum Gasteiger partial charge on any atom is -0.394 e. The van der Waals surface area contributed by atoms with E-state index in [2.05, 4.69) is 0 Å². The molecule has 7 heteroatoms. The molecule has 1 fully saturated rings. The van der Waals surface area contributed by atoms with Gasteiger partial charge in [-0.25, -0.2) is 8.78 Å². The molecule has 0 spiro atoms. The predicted octanol–water partition coefficient (Wildman–Crippen LogP) is 1.26. The zero-order chi connectivity index (χ0) is 13.7. The standard InChI is InChI=1S/C11H17ClF2N2O2/c1-7(9(11(13)14)4-10(12)15)16-2-3-18-8(5-16)6-17/h4,8,11,17H,2-3,5-6,15H2,1H3/b9-7-,10-4-. The molecule has 1 aliphatic rings. The van der Waals surface area contributed by atoms with E-state index in [0.717, 1.165) is 6.08 Å². The molecule has 1 unspecified atom stereocenters. The molecule has 1 rings (SSSR count). The molecule has 0 aliphatic carbocycles. The highest BCUT2D eigenvalue weighted by atomic mass is 35.5. The normalized spacial score (nSPS) is 23.3. The Hall–Kier alpha value is -0.850. The fourth-order valence-electron chi connectivity index (χ4n) is 1.79. The first-order chi connectivity index (χ1) is 8.45. The number of halogens is 3. The van der Waals surface area contributed by atoms with Crippen molar-refractivity contribution in [3.8, 4) is 0 Å². The largest absolute Gasteiger partial charge is 0.394 e. The van der Waals surface area contributed by atoms with Crippen molar-refractivity contribution in [2.45, 2.75) is 19.5 Å². The van der Waals surface area contributed by atoms with Gasteiger partial charge in [0.2, 0.25) is 0 Å². The van der Waals surface area contributed by atoms with E-state index in [4.69, 9.17) is 27.2 Å². The van der Waals surface area contributed by atoms with Gasteiger partial charge in [-0.1, -0.05) is 11.6 Å². The highest BCUT2D eigenvalue weighted by molar-refractivity contribution is 6.29. The van der Waals surface area contributed by atoms with Gasteiger partial charge in [0.05, 0.1) is 24.5 Å². The summed E-state index contributed by atoms with van der Waals surface area (Å²) in [7, 11) is 0. The molecule has 0 aromatic heterocycles. The fourth-order valence-corrected chi connectivity index (χ4v) is 1.91. The number of ether oxygens (including phenoxy) is 1. The lowest BCUT2D eigenvalue weighted by Crippen LogP contribution is -2.43. The van der Waals surface area contributed by atoms with E-state index in [1.165, 1.54) is 0 Å². The first kappa shape index (κ1) is 15.2. The van der Waals surface area contributed by atoms with Gasteiger partial charge >= 0.3 is 0 Å². The number of morpholine rings is 1. The van der Waals surface area contributed by atoms with E-state index in [1.807, 2.05) is 0 Å². The van der Waals surface area contributed by atoms with Crippen molar-refractivity contribution in [2.24, 2.45) is 5.73 Å². The van der Waals surface area contributed by atoms with Crippen molar-refractivity contribution in [2.75, 3.05) is 26.3 Å². The molecular weight excluding hydrogens is 266 g/mol. The van der Waals surface area contributed by atoms with Crippen LogP contribution in [0, 0.1) is 0 Å². The van der Waals surface area contributed by atoms with Crippen LogP contribution in [-0.4, -0.2) is 48.8 Å². The molecule has 4 nitrogen and oxygen atoms in total. The Labute approximate surface area is 110 Å². The van der Waals surface area contributed by atoms with Crippen LogP contribution in [0.1, 0.15) is 6.92 Å². The summed E-state index contributed by atoms with van der Waals surface area (Å²) in [4.78, 5) is 1.74. The van der Waals surface area contributed by atoms with Crippen LogP contribution < -0.4 is 5.73 Å². The van der Waals surface area contributed by atoms with E-state index in [9.17, 15) is 8.78 Å². The Morgan fingerprint density at radius 1 is 1.67 bits per heavy atom. The summed E-state index contributed by atoms with van der Waals surface area (Å²) in [5.41, 5.74) is 5.42. The Morgan fingerprint density at radius 2 is 2.33 bits per heavy atom. The summed E-state index contributed by atoms with van der Waals surface area (Å²) in [5.74, 6) is 0. The molecule has 104 valence electrons. The Kier molecular flexibility index (Phi) is 5.84. The maximum absolute atomic E-state index is 12.9. The number of nitrogens with two attached hydrogens (primary N) is 1. The summed E-state index contributed by atoms with van der Waals surface area (Å²) in [6.07, 6.45) is -1.95. The lowest BCUT2D eigenvalue weighted by molar-refractivity contribution is -0.0436. The lowest BCUT2D eigenvalue weighted by Gasteiger charge is -2.35. The first-order valence-corrected chi connectivity index (χ1v) is 5.92. The number of rotatable bonds is 4. The second-order valence-electron chi connectivity index (χ2n) is 3.99. The summed E-state index contributed by atoms with van der Waals surface area (Å²) >= 11 is 5.44. The predicted molar refractivity (Wildman–Crippen MR) is 65.2 cm³/mol. The second-order valence-corrected chi connectivity index (χ2v) is 4.43. The minimum absolute atomic E-state index is 0.138. The second kappa shape index (κ2) is 6.92. The first-order valence-electron chi connectivity index (χ1n) is 5.54. The number of allylic oxidation sites excluding steroid dienone is 3. The van der Waals surface area contributed by atoms with Crippen molar-refractivity contribution in [3.05, 3.63) is 22.5 Å². The number of hydrogen-bond acceptors (Lipinski definition) is 4. The van der Waals surface area contributed by atoms with Gasteiger partial charge in [0.25, 0.3) is 6.43 Å². The van der Waals surface area contributed by atoms with Crippen molar-refractivity contribution in [3.63, 3.8) is 0 Å². The van der Waals surface area contributed by atoms with Gasteiger partial charge in [-0.15, -0.1) is 0 Å². The molecule has 1 saturated heterocycles. The summed E-state index contributed by atoms with van der Waals surface area (Å²) in [6, 6.07) is 0. The quantitative estimate of drug-likeness (QED) is 0.602. The van der Waals surface area contributed by atoms with Crippen LogP contribution in [0.3, 0.4) is 0 Å². The van der Waals surface area contributed by atoms with Crippen LogP contribution in [0.4, 0.5) is 8.78 Å². The van der Waals surface area contributed by atoms with Crippen LogP contribution in [0.25, 0.3) is 0 Å². The third-order valence-electron chi connectivity index (χ3n) is 2.76. The average Bonchev–Trinajstić information content (AvgIpc) is 2.34. The molecule has 0 aromatic carbocycles. The van der Waals surface area contributed by atoms with Crippen LogP contribution in [-0.2, 0) is 4.74 Å². The van der Waals surface area contributed by atoms with Crippen LogP contribution in [0.15, 0.2) is 22.5 Å². The topological polar surface area (TPSA) is 58.7 Å². The zero-order valence-electron chi connectivity index (χ0n) is 10.1. The molecular formula is C11H17ClF2N2O2. The molecule has 0 bridgehead atoms. The zero-order valence-corrected chi connectivity index (χ0v) is 10.8. The third kappa shape index (κ3) is 4.12. The SMILES string of the molecule is C/C(=C(\C=C(/N)Cl)C(F)F)N1CCOC(CO)C1. The maximum atomic E-state index is 12.9. The van der Waals surface area contributed by atoms with Gasteiger partial charge in [-0.3, -0.25) is 0 Å². The van der Waals surface area contributed by atoms with Gasteiger partial charge in [0, 0.05) is 24.4 Å². The molecule has 0 radical (unpaired) electrons. The number of aliphatic hydroxyl groups excluding tert-OH is 1. The van der Waals surface area contributed by atoms with E-state index < -0.39 is 6.43 Å². The molecule has 3 N–H and O–H groups in total. The Balaban J connectivity index is 2.92. The number of aliphatic hydroxyl groups is 1. The van der Waals surface area contributed by atoms with E-state index in [1.54, 1.807) is 11.8 Å². The van der Waals surface area contributed by atoms with Crippen LogP contribution in [0.2, 0.25) is 0 Å². The van der Waals surface area contributed by atoms with E-state index >= 15 is 0 Å². The smallest absolute Gasteiger partial charge is 0.265 e. The molecule has 0 aromatic rings. The van der Waals surface area contributed by atoms with Crippen molar-refractivity contribution < 1.29 is 18.6 Å². The van der Waals surface area contributed by atoms with Gasteiger partial charge in [-0.2, -0.15) is 0 Å². The highest BCUT2D eigenvalue weighted by Gasteiger charge is 2.23. The highest BCUT2D eigenvalue weighted by Crippen LogP contribution is 2.21. The number of nitrogens with zero attached hydrogens (tertiary/aromatic N) is 1. The molecule has 1 heterocycles. The van der Waals surface area contributed by atoms with Crippen molar-refractivity contribution in [1.29, 1.82) is 0 Å². The molecule has 0 amide bonds. The number of alkyl halides is 2. The molecule has 18 heavy (non-hydrogen) atoms. The van der Waals surface area contributed by atoms with Gasteiger partial charge in [0.1, 0.15) is 0 Å². The van der Waals surface area contributed by atoms with Crippen LogP contribution in [0.5, 0.6) is 0 Å². The van der Waals surface area contributed by atoms with Crippen LogP contribution >= 0.6 is 11.6 Å². The third-order valence-corrected chi connectivity index (χ3v) is 2.87. The summed E-state index contributed by atoms with van der Waals surface area (Å²) in [6.45, 7) is 2.70. The van der Waals surface area contributed by atoms with Crippen molar-refractivity contribution in [1.82, 2.24) is 4.90 Å². The maximum Gasteiger partial charge on any atom is 0.265 e. The summed E-state index contributed by atoms with van der Waals surface area (Å²) < 4.78 is 31.1. The van der Waals surface area contributed by atoms with Crippen molar-refractivity contribution >= 4 is 11.6 Å². The molecule has 1 atom stereocenters. The lowest BCUT2D eigenvalue weighted by atomic mass is 10.1.